The highest BCUT2D eigenvalue weighted by molar-refractivity contribution is 6.17. The Kier molecular flexibility index (Phi) is 3.71. The first-order valence-electron chi connectivity index (χ1n) is 6.52. The van der Waals surface area contributed by atoms with E-state index in [0.717, 1.165) is 22.6 Å². The van der Waals surface area contributed by atoms with E-state index >= 15 is 0 Å². The molecule has 21 heavy (non-hydrogen) atoms. The summed E-state index contributed by atoms with van der Waals surface area (Å²) in [5, 5.41) is 0. The molecule has 0 amide bonds. The summed E-state index contributed by atoms with van der Waals surface area (Å²) < 4.78 is 12.6. The number of nitrogens with zero attached hydrogens (tertiary/aromatic N) is 2. The maximum Gasteiger partial charge on any atom is 0.161 e. The summed E-state index contributed by atoms with van der Waals surface area (Å²) in [7, 11) is 3.24. The number of ether oxygens (including phenoxy) is 2. The molecular weight excluding hydrogens is 288 g/mol. The minimum atomic E-state index is 0.384. The molecule has 108 valence electrons. The summed E-state index contributed by atoms with van der Waals surface area (Å²) in [5.74, 6) is 1.75. The van der Waals surface area contributed by atoms with Crippen molar-refractivity contribution in [1.29, 1.82) is 0 Å². The fourth-order valence-corrected chi connectivity index (χ4v) is 2.64. The van der Waals surface area contributed by atoms with Crippen LogP contribution in [0.1, 0.15) is 5.69 Å². The van der Waals surface area contributed by atoms with E-state index in [0.29, 0.717) is 17.4 Å². The van der Waals surface area contributed by atoms with Crippen molar-refractivity contribution in [1.82, 2.24) is 9.38 Å². The highest BCUT2D eigenvalue weighted by Crippen LogP contribution is 2.34. The lowest BCUT2D eigenvalue weighted by Gasteiger charge is -2.09. The average Bonchev–Trinajstić information content (AvgIpc) is 2.92. The molecule has 1 aromatic carbocycles. The maximum absolute atomic E-state index is 6.12. The van der Waals surface area contributed by atoms with E-state index in [-0.39, 0.29) is 0 Å². The van der Waals surface area contributed by atoms with Crippen molar-refractivity contribution in [2.24, 2.45) is 0 Å². The molecule has 0 aliphatic rings. The quantitative estimate of drug-likeness (QED) is 0.688. The van der Waals surface area contributed by atoms with E-state index < -0.39 is 0 Å². The highest BCUT2D eigenvalue weighted by Gasteiger charge is 2.15. The second kappa shape index (κ2) is 5.66. The topological polar surface area (TPSA) is 35.8 Å². The number of pyridine rings is 1. The minimum Gasteiger partial charge on any atom is -0.493 e. The molecular formula is C16H15ClN2O2. The Labute approximate surface area is 127 Å². The first-order valence-corrected chi connectivity index (χ1v) is 7.06. The van der Waals surface area contributed by atoms with Gasteiger partial charge in [-0.15, -0.1) is 11.6 Å². The van der Waals surface area contributed by atoms with Crippen LogP contribution in [0.2, 0.25) is 0 Å². The van der Waals surface area contributed by atoms with Crippen LogP contribution in [0.15, 0.2) is 42.6 Å². The molecule has 2 heterocycles. The molecule has 0 bridgehead atoms. The van der Waals surface area contributed by atoms with Gasteiger partial charge in [-0.25, -0.2) is 4.98 Å². The van der Waals surface area contributed by atoms with Crippen LogP contribution in [-0.2, 0) is 5.88 Å². The zero-order chi connectivity index (χ0) is 14.8. The number of fused-ring (bicyclic) bond motifs is 1. The Morgan fingerprint density at radius 3 is 2.62 bits per heavy atom. The van der Waals surface area contributed by atoms with Gasteiger partial charge in [0.05, 0.1) is 31.5 Å². The standard InChI is InChI=1S/C16H15ClN2O2/c1-20-13-7-6-11(9-14(13)21-2)16-12(10-17)19-8-4-3-5-15(19)18-16/h3-9H,10H2,1-2H3. The Hall–Kier alpha value is -2.20. The maximum atomic E-state index is 6.12. The van der Waals surface area contributed by atoms with Crippen LogP contribution in [0.25, 0.3) is 16.9 Å². The highest BCUT2D eigenvalue weighted by atomic mass is 35.5. The van der Waals surface area contributed by atoms with Crippen LogP contribution in [0.3, 0.4) is 0 Å². The molecule has 0 spiro atoms. The normalized spacial score (nSPS) is 10.8. The number of imidazole rings is 1. The van der Waals surface area contributed by atoms with Crippen LogP contribution in [0, 0.1) is 0 Å². The Morgan fingerprint density at radius 2 is 1.90 bits per heavy atom. The second-order valence-corrected chi connectivity index (χ2v) is 4.81. The molecule has 0 radical (unpaired) electrons. The van der Waals surface area contributed by atoms with Crippen molar-refractivity contribution >= 4 is 17.2 Å². The number of rotatable bonds is 4. The molecule has 0 fully saturated rings. The van der Waals surface area contributed by atoms with Crippen LogP contribution in [0.5, 0.6) is 11.5 Å². The predicted octanol–water partition coefficient (Wildman–Crippen LogP) is 3.76. The van der Waals surface area contributed by atoms with E-state index in [4.69, 9.17) is 21.1 Å². The smallest absolute Gasteiger partial charge is 0.161 e. The molecule has 0 N–H and O–H groups in total. The summed E-state index contributed by atoms with van der Waals surface area (Å²) in [5.41, 5.74) is 3.64. The first kappa shape index (κ1) is 13.8. The monoisotopic (exact) mass is 302 g/mol. The van der Waals surface area contributed by atoms with Crippen LogP contribution >= 0.6 is 11.6 Å². The van der Waals surface area contributed by atoms with E-state index in [9.17, 15) is 0 Å². The van der Waals surface area contributed by atoms with E-state index in [1.165, 1.54) is 0 Å². The van der Waals surface area contributed by atoms with Gasteiger partial charge in [0.15, 0.2) is 11.5 Å². The summed E-state index contributed by atoms with van der Waals surface area (Å²) in [6.45, 7) is 0. The lowest BCUT2D eigenvalue weighted by molar-refractivity contribution is 0.355. The lowest BCUT2D eigenvalue weighted by atomic mass is 10.1. The molecule has 0 saturated heterocycles. The molecule has 0 aliphatic carbocycles. The van der Waals surface area contributed by atoms with Gasteiger partial charge in [0, 0.05) is 11.8 Å². The summed E-state index contributed by atoms with van der Waals surface area (Å²) in [6.07, 6.45) is 1.96. The zero-order valence-electron chi connectivity index (χ0n) is 11.8. The third-order valence-corrected chi connectivity index (χ3v) is 3.67. The summed E-state index contributed by atoms with van der Waals surface area (Å²) in [4.78, 5) is 4.67. The molecule has 0 atom stereocenters. The van der Waals surface area contributed by atoms with Gasteiger partial charge in [-0.1, -0.05) is 6.07 Å². The molecule has 0 aliphatic heterocycles. The molecule has 0 saturated carbocycles. The van der Waals surface area contributed by atoms with Crippen LogP contribution in [-0.4, -0.2) is 23.6 Å². The Bertz CT molecular complexity index is 783. The first-order chi connectivity index (χ1) is 10.3. The van der Waals surface area contributed by atoms with Gasteiger partial charge in [0.1, 0.15) is 5.65 Å². The van der Waals surface area contributed by atoms with Gasteiger partial charge in [-0.05, 0) is 30.3 Å². The number of halogens is 1. The number of hydrogen-bond donors (Lipinski definition) is 0. The van der Waals surface area contributed by atoms with Gasteiger partial charge in [0.25, 0.3) is 0 Å². The molecule has 5 heteroatoms. The van der Waals surface area contributed by atoms with E-state index in [2.05, 4.69) is 4.98 Å². The summed E-state index contributed by atoms with van der Waals surface area (Å²) in [6, 6.07) is 11.6. The molecule has 0 unspecified atom stereocenters. The van der Waals surface area contributed by atoms with Crippen molar-refractivity contribution in [3.63, 3.8) is 0 Å². The predicted molar refractivity (Wildman–Crippen MR) is 83.3 cm³/mol. The SMILES string of the molecule is COc1ccc(-c2nc3ccccn3c2CCl)cc1OC. The molecule has 3 rings (SSSR count). The van der Waals surface area contributed by atoms with Crippen LogP contribution in [0.4, 0.5) is 0 Å². The van der Waals surface area contributed by atoms with E-state index in [1.807, 2.05) is 47.0 Å². The summed E-state index contributed by atoms with van der Waals surface area (Å²) >= 11 is 6.12. The van der Waals surface area contributed by atoms with Crippen molar-refractivity contribution in [3.8, 4) is 22.8 Å². The lowest BCUT2D eigenvalue weighted by Crippen LogP contribution is -1.93. The van der Waals surface area contributed by atoms with Crippen molar-refractivity contribution in [2.75, 3.05) is 14.2 Å². The van der Waals surface area contributed by atoms with Gasteiger partial charge in [-0.3, -0.25) is 0 Å². The number of hydrogen-bond acceptors (Lipinski definition) is 3. The molecule has 3 aromatic rings. The number of methoxy groups -OCH3 is 2. The van der Waals surface area contributed by atoms with Gasteiger partial charge < -0.3 is 13.9 Å². The van der Waals surface area contributed by atoms with Crippen molar-refractivity contribution in [3.05, 3.63) is 48.3 Å². The molecule has 2 aromatic heterocycles. The fraction of sp³-hybridized carbons (Fsp3) is 0.188. The van der Waals surface area contributed by atoms with Crippen molar-refractivity contribution in [2.45, 2.75) is 5.88 Å². The number of alkyl halides is 1. The Balaban J connectivity index is 2.20. The third-order valence-electron chi connectivity index (χ3n) is 3.41. The molecule has 4 nitrogen and oxygen atoms in total. The van der Waals surface area contributed by atoms with Gasteiger partial charge in [-0.2, -0.15) is 0 Å². The average molecular weight is 303 g/mol. The zero-order valence-corrected chi connectivity index (χ0v) is 12.6. The van der Waals surface area contributed by atoms with E-state index in [1.54, 1.807) is 14.2 Å². The number of benzene rings is 1. The number of aromatic nitrogens is 2. The largest absolute Gasteiger partial charge is 0.493 e. The van der Waals surface area contributed by atoms with Gasteiger partial charge in [0.2, 0.25) is 0 Å². The second-order valence-electron chi connectivity index (χ2n) is 4.54. The minimum absolute atomic E-state index is 0.384. The fourth-order valence-electron chi connectivity index (χ4n) is 2.39. The third kappa shape index (κ3) is 2.32. The van der Waals surface area contributed by atoms with Crippen molar-refractivity contribution < 1.29 is 9.47 Å². The Morgan fingerprint density at radius 1 is 1.10 bits per heavy atom. The van der Waals surface area contributed by atoms with Crippen LogP contribution < -0.4 is 9.47 Å². The van der Waals surface area contributed by atoms with Gasteiger partial charge >= 0.3 is 0 Å².